The maximum atomic E-state index is 13.1. The van der Waals surface area contributed by atoms with Gasteiger partial charge in [0.1, 0.15) is 0 Å². The van der Waals surface area contributed by atoms with Crippen LogP contribution < -0.4 is 11.2 Å². The number of nitrogen functional groups attached to an aromatic ring is 1. The Morgan fingerprint density at radius 1 is 1.22 bits per heavy atom. The molecule has 18 heavy (non-hydrogen) atoms. The topological polar surface area (TPSA) is 55.5 Å². The lowest BCUT2D eigenvalue weighted by atomic mass is 9.82. The molecule has 6 heteroatoms. The van der Waals surface area contributed by atoms with E-state index in [0.717, 1.165) is 6.07 Å². The van der Waals surface area contributed by atoms with Gasteiger partial charge in [-0.2, -0.15) is 0 Å². The van der Waals surface area contributed by atoms with E-state index in [9.17, 15) is 13.9 Å². The van der Waals surface area contributed by atoms with Gasteiger partial charge in [0.2, 0.25) is 0 Å². The maximum absolute atomic E-state index is 13.1. The Morgan fingerprint density at radius 3 is 2.22 bits per heavy atom. The highest BCUT2D eigenvalue weighted by Crippen LogP contribution is 2.24. The molecule has 100 valence electrons. The molecule has 0 heterocycles. The van der Waals surface area contributed by atoms with Crippen molar-refractivity contribution in [3.05, 3.63) is 23.8 Å². The highest BCUT2D eigenvalue weighted by molar-refractivity contribution is 6.47. The molecule has 0 aromatic heterocycles. The number of halogens is 2. The van der Waals surface area contributed by atoms with Gasteiger partial charge in [-0.25, -0.2) is 8.78 Å². The summed E-state index contributed by atoms with van der Waals surface area (Å²) in [4.78, 5) is 0. The highest BCUT2D eigenvalue weighted by atomic mass is 19.2. The second kappa shape index (κ2) is 4.86. The van der Waals surface area contributed by atoms with Crippen molar-refractivity contribution >= 4 is 18.6 Å². The normalized spacial score (nSPS) is 12.6. The van der Waals surface area contributed by atoms with E-state index in [0.29, 0.717) is 5.46 Å². The highest BCUT2D eigenvalue weighted by Gasteiger charge is 2.35. The molecular weight excluding hydrogens is 239 g/mol. The van der Waals surface area contributed by atoms with Crippen molar-refractivity contribution in [1.82, 2.24) is 0 Å². The number of nitrogens with two attached hydrogens (primary N) is 1. The first-order chi connectivity index (χ1) is 8.04. The summed E-state index contributed by atoms with van der Waals surface area (Å²) in [5.74, 6) is -2.06. The summed E-state index contributed by atoms with van der Waals surface area (Å²) < 4.78 is 31.7. The van der Waals surface area contributed by atoms with E-state index in [1.807, 2.05) is 0 Å². The van der Waals surface area contributed by atoms with Crippen LogP contribution in [0.1, 0.15) is 27.7 Å². The average Bonchev–Trinajstić information content (AvgIpc) is 2.21. The van der Waals surface area contributed by atoms with Gasteiger partial charge in [0.15, 0.2) is 11.6 Å². The molecule has 0 atom stereocenters. The first-order valence-electron chi connectivity index (χ1n) is 5.64. The minimum Gasteiger partial charge on any atom is -0.427 e. The molecule has 1 aromatic rings. The first-order valence-corrected chi connectivity index (χ1v) is 5.64. The van der Waals surface area contributed by atoms with Gasteiger partial charge in [0, 0.05) is 0 Å². The number of anilines is 1. The molecule has 1 rings (SSSR count). The molecule has 0 amide bonds. The van der Waals surface area contributed by atoms with Crippen molar-refractivity contribution in [2.24, 2.45) is 0 Å². The van der Waals surface area contributed by atoms with E-state index in [-0.39, 0.29) is 13.2 Å². The number of hydrogen-bond acceptors (Lipinski definition) is 3. The molecule has 0 aliphatic rings. The van der Waals surface area contributed by atoms with Gasteiger partial charge in [0.25, 0.3) is 0 Å². The first kappa shape index (κ1) is 14.9. The molecule has 3 N–H and O–H groups in total. The molecular formula is C12H18BF2NO2. The van der Waals surface area contributed by atoms with E-state index >= 15 is 0 Å². The van der Waals surface area contributed by atoms with Gasteiger partial charge in [-0.3, -0.25) is 0 Å². The van der Waals surface area contributed by atoms with Crippen molar-refractivity contribution in [1.29, 1.82) is 0 Å². The minimum absolute atomic E-state index is 0.0401. The molecule has 0 unspecified atom stereocenters. The van der Waals surface area contributed by atoms with Crippen LogP contribution in [0.3, 0.4) is 0 Å². The van der Waals surface area contributed by atoms with Crippen LogP contribution in [0.15, 0.2) is 12.1 Å². The minimum atomic E-state index is -1.06. The molecule has 1 aromatic carbocycles. The van der Waals surface area contributed by atoms with E-state index in [4.69, 9.17) is 10.4 Å². The van der Waals surface area contributed by atoms with Gasteiger partial charge >= 0.3 is 7.48 Å². The van der Waals surface area contributed by atoms with Crippen LogP contribution in [0.25, 0.3) is 0 Å². The maximum Gasteiger partial charge on any atom is 0.309 e. The zero-order valence-corrected chi connectivity index (χ0v) is 11.1. The second-order valence-electron chi connectivity index (χ2n) is 5.34. The molecule has 0 fully saturated rings. The summed E-state index contributed by atoms with van der Waals surface area (Å²) in [7, 11) is 0.0401. The lowest BCUT2D eigenvalue weighted by Crippen LogP contribution is -2.49. The third-order valence-electron chi connectivity index (χ3n) is 3.19. The summed E-state index contributed by atoms with van der Waals surface area (Å²) in [6.07, 6.45) is 0. The summed E-state index contributed by atoms with van der Waals surface area (Å²) in [6, 6.07) is 2.35. The number of hydrogen-bond donors (Lipinski definition) is 2. The van der Waals surface area contributed by atoms with Crippen molar-refractivity contribution in [3.63, 3.8) is 0 Å². The SMILES string of the molecule is CC(C)(O)C(C)(C)OBc1cc(N)c(F)c(F)c1. The fourth-order valence-corrected chi connectivity index (χ4v) is 1.19. The third kappa shape index (κ3) is 3.20. The second-order valence-corrected chi connectivity index (χ2v) is 5.34. The molecule has 0 saturated carbocycles. The smallest absolute Gasteiger partial charge is 0.309 e. The van der Waals surface area contributed by atoms with Crippen LogP contribution in [0.5, 0.6) is 0 Å². The van der Waals surface area contributed by atoms with E-state index < -0.39 is 22.8 Å². The monoisotopic (exact) mass is 257 g/mol. The molecule has 0 saturated heterocycles. The lowest BCUT2D eigenvalue weighted by Gasteiger charge is -2.37. The Balaban J connectivity index is 2.82. The Bertz CT molecular complexity index is 421. The Labute approximate surface area is 106 Å². The summed E-state index contributed by atoms with van der Waals surface area (Å²) in [5, 5.41) is 9.89. The summed E-state index contributed by atoms with van der Waals surface area (Å²) >= 11 is 0. The zero-order valence-electron chi connectivity index (χ0n) is 11.1. The van der Waals surface area contributed by atoms with Crippen LogP contribution in [0.2, 0.25) is 0 Å². The summed E-state index contributed by atoms with van der Waals surface area (Å²) in [5.41, 5.74) is 3.61. The summed E-state index contributed by atoms with van der Waals surface area (Å²) in [6.45, 7) is 6.67. The van der Waals surface area contributed by atoms with Crippen molar-refractivity contribution in [3.8, 4) is 0 Å². The number of aliphatic hydroxyl groups is 1. The van der Waals surface area contributed by atoms with E-state index in [1.165, 1.54) is 6.07 Å². The Hall–Kier alpha value is -1.14. The molecule has 0 spiro atoms. The number of rotatable bonds is 4. The molecule has 0 aliphatic heterocycles. The fourth-order valence-electron chi connectivity index (χ4n) is 1.19. The average molecular weight is 257 g/mol. The largest absolute Gasteiger partial charge is 0.427 e. The number of benzene rings is 1. The Kier molecular flexibility index (Phi) is 4.03. The van der Waals surface area contributed by atoms with E-state index in [1.54, 1.807) is 27.7 Å². The Morgan fingerprint density at radius 2 is 1.78 bits per heavy atom. The van der Waals surface area contributed by atoms with Crippen molar-refractivity contribution in [2.75, 3.05) is 5.73 Å². The van der Waals surface area contributed by atoms with Crippen LogP contribution in [-0.2, 0) is 4.65 Å². The molecule has 0 bridgehead atoms. The molecule has 0 radical (unpaired) electrons. The van der Waals surface area contributed by atoms with E-state index in [2.05, 4.69) is 0 Å². The van der Waals surface area contributed by atoms with Gasteiger partial charge in [-0.15, -0.1) is 0 Å². The fraction of sp³-hybridized carbons (Fsp3) is 0.500. The van der Waals surface area contributed by atoms with Gasteiger partial charge in [-0.05, 0) is 45.3 Å². The van der Waals surface area contributed by atoms with Crippen LogP contribution in [0, 0.1) is 11.6 Å². The van der Waals surface area contributed by atoms with Gasteiger partial charge < -0.3 is 15.5 Å². The van der Waals surface area contributed by atoms with Crippen molar-refractivity contribution in [2.45, 2.75) is 38.9 Å². The molecule has 0 aliphatic carbocycles. The predicted octanol–water partition coefficient (Wildman–Crippen LogP) is 1.09. The van der Waals surface area contributed by atoms with Crippen LogP contribution in [0.4, 0.5) is 14.5 Å². The van der Waals surface area contributed by atoms with Crippen LogP contribution in [-0.4, -0.2) is 23.8 Å². The standard InChI is InChI=1S/C12H18BF2NO2/c1-11(2,17)12(3,4)18-13-7-5-8(14)10(15)9(16)6-7/h5-6,13,17H,16H2,1-4H3. The zero-order chi connectivity index (χ0) is 14.1. The van der Waals surface area contributed by atoms with Gasteiger partial charge in [0.05, 0.1) is 16.9 Å². The molecule has 3 nitrogen and oxygen atoms in total. The van der Waals surface area contributed by atoms with Crippen molar-refractivity contribution < 1.29 is 18.5 Å². The third-order valence-corrected chi connectivity index (χ3v) is 3.19. The van der Waals surface area contributed by atoms with Crippen LogP contribution >= 0.6 is 0 Å². The lowest BCUT2D eigenvalue weighted by molar-refractivity contribution is -0.0893. The quantitative estimate of drug-likeness (QED) is 0.627. The predicted molar refractivity (Wildman–Crippen MR) is 69.0 cm³/mol. The van der Waals surface area contributed by atoms with Gasteiger partial charge in [-0.1, -0.05) is 0 Å².